The van der Waals surface area contributed by atoms with Gasteiger partial charge in [0.2, 0.25) is 5.91 Å². The van der Waals surface area contributed by atoms with Crippen LogP contribution in [0, 0.1) is 0 Å². The van der Waals surface area contributed by atoms with Crippen molar-refractivity contribution >= 4 is 17.5 Å². The van der Waals surface area contributed by atoms with Crippen molar-refractivity contribution in [3.63, 3.8) is 0 Å². The fourth-order valence-electron chi connectivity index (χ4n) is 3.21. The predicted octanol–water partition coefficient (Wildman–Crippen LogP) is 2.90. The minimum Gasteiger partial charge on any atom is -0.507 e. The highest BCUT2D eigenvalue weighted by Crippen LogP contribution is 2.28. The fourth-order valence-corrected chi connectivity index (χ4v) is 3.21. The number of nitrogens with zero attached hydrogens (tertiary/aromatic N) is 1. The van der Waals surface area contributed by atoms with Crippen molar-refractivity contribution in [2.75, 3.05) is 11.9 Å². The van der Waals surface area contributed by atoms with Crippen LogP contribution in [-0.2, 0) is 11.2 Å². The Labute approximate surface area is 152 Å². The summed E-state index contributed by atoms with van der Waals surface area (Å²) >= 11 is 0. The molecule has 6 heteroatoms. The van der Waals surface area contributed by atoms with Crippen LogP contribution in [0.1, 0.15) is 35.7 Å². The summed E-state index contributed by atoms with van der Waals surface area (Å²) in [6.07, 6.45) is 2.03. The molecule has 6 nitrogen and oxygen atoms in total. The van der Waals surface area contributed by atoms with E-state index in [1.807, 2.05) is 6.92 Å². The smallest absolute Gasteiger partial charge is 0.258 e. The number of carbonyl (C=O) groups excluding carboxylic acids is 2. The quantitative estimate of drug-likeness (QED) is 0.737. The molecule has 2 aromatic carbocycles. The van der Waals surface area contributed by atoms with Crippen LogP contribution >= 0.6 is 0 Å². The zero-order valence-corrected chi connectivity index (χ0v) is 14.6. The molecule has 1 fully saturated rings. The monoisotopic (exact) mass is 354 g/mol. The third kappa shape index (κ3) is 3.49. The molecule has 26 heavy (non-hydrogen) atoms. The first-order chi connectivity index (χ1) is 12.5. The third-order valence-corrected chi connectivity index (χ3v) is 4.68. The predicted molar refractivity (Wildman–Crippen MR) is 98.3 cm³/mol. The second-order valence-electron chi connectivity index (χ2n) is 6.37. The largest absolute Gasteiger partial charge is 0.507 e. The Kier molecular flexibility index (Phi) is 5.11. The number of amides is 2. The van der Waals surface area contributed by atoms with Crippen LogP contribution in [0.5, 0.6) is 11.5 Å². The summed E-state index contributed by atoms with van der Waals surface area (Å²) in [4.78, 5) is 26.9. The Morgan fingerprint density at radius 3 is 2.65 bits per heavy atom. The summed E-state index contributed by atoms with van der Waals surface area (Å²) in [6.45, 7) is 2.44. The standard InChI is InChI=1S/C20H22N2O4/c1-2-13-9-10-18(24)15(12-13)21-19(25)16-7-5-11-22(16)20(26)14-6-3-4-8-17(14)23/h3-4,6,8-10,12,16,23-24H,2,5,7,11H2,1H3,(H,21,25). The SMILES string of the molecule is CCc1ccc(O)c(NC(=O)C2CCCN2C(=O)c2ccccc2O)c1. The normalized spacial score (nSPS) is 16.5. The van der Waals surface area contributed by atoms with E-state index in [0.29, 0.717) is 25.1 Å². The van der Waals surface area contributed by atoms with E-state index in [2.05, 4.69) is 5.32 Å². The summed E-state index contributed by atoms with van der Waals surface area (Å²) in [5.74, 6) is -0.814. The molecule has 0 spiro atoms. The average molecular weight is 354 g/mol. The van der Waals surface area contributed by atoms with Gasteiger partial charge in [-0.2, -0.15) is 0 Å². The van der Waals surface area contributed by atoms with Crippen LogP contribution in [-0.4, -0.2) is 39.5 Å². The van der Waals surface area contributed by atoms with Gasteiger partial charge < -0.3 is 20.4 Å². The van der Waals surface area contributed by atoms with Crippen molar-refractivity contribution < 1.29 is 19.8 Å². The summed E-state index contributed by atoms with van der Waals surface area (Å²) in [7, 11) is 0. The zero-order valence-electron chi connectivity index (χ0n) is 14.6. The van der Waals surface area contributed by atoms with Crippen LogP contribution in [0.15, 0.2) is 42.5 Å². The molecule has 1 saturated heterocycles. The lowest BCUT2D eigenvalue weighted by molar-refractivity contribution is -0.119. The highest BCUT2D eigenvalue weighted by atomic mass is 16.3. The molecule has 0 aliphatic carbocycles. The van der Waals surface area contributed by atoms with Crippen molar-refractivity contribution in [3.05, 3.63) is 53.6 Å². The van der Waals surface area contributed by atoms with E-state index >= 15 is 0 Å². The van der Waals surface area contributed by atoms with Crippen LogP contribution in [0.2, 0.25) is 0 Å². The molecule has 0 radical (unpaired) electrons. The molecule has 0 bridgehead atoms. The number of aromatic hydroxyl groups is 2. The van der Waals surface area contributed by atoms with E-state index in [-0.39, 0.29) is 28.9 Å². The molecule has 1 unspecified atom stereocenters. The van der Waals surface area contributed by atoms with Crippen molar-refractivity contribution in [1.29, 1.82) is 0 Å². The third-order valence-electron chi connectivity index (χ3n) is 4.68. The highest BCUT2D eigenvalue weighted by Gasteiger charge is 2.35. The number of phenolic OH excluding ortho intramolecular Hbond substituents is 2. The van der Waals surface area contributed by atoms with Crippen molar-refractivity contribution in [2.45, 2.75) is 32.2 Å². The van der Waals surface area contributed by atoms with E-state index < -0.39 is 6.04 Å². The van der Waals surface area contributed by atoms with Gasteiger partial charge in [0.1, 0.15) is 17.5 Å². The zero-order chi connectivity index (χ0) is 18.7. The maximum Gasteiger partial charge on any atom is 0.258 e. The molecule has 1 atom stereocenters. The fraction of sp³-hybridized carbons (Fsp3) is 0.300. The molecular weight excluding hydrogens is 332 g/mol. The molecule has 0 aromatic heterocycles. The van der Waals surface area contributed by atoms with Gasteiger partial charge in [-0.1, -0.05) is 25.1 Å². The van der Waals surface area contributed by atoms with Crippen LogP contribution < -0.4 is 5.32 Å². The molecule has 1 heterocycles. The first-order valence-electron chi connectivity index (χ1n) is 8.73. The molecule has 2 aromatic rings. The minimum atomic E-state index is -0.633. The second-order valence-corrected chi connectivity index (χ2v) is 6.37. The minimum absolute atomic E-state index is 0.00729. The van der Waals surface area contributed by atoms with Gasteiger partial charge in [-0.3, -0.25) is 9.59 Å². The molecule has 2 amide bonds. The Morgan fingerprint density at radius 2 is 1.92 bits per heavy atom. The maximum atomic E-state index is 12.7. The van der Waals surface area contributed by atoms with Gasteiger partial charge in [-0.15, -0.1) is 0 Å². The summed E-state index contributed by atoms with van der Waals surface area (Å²) in [6, 6.07) is 10.8. The number of likely N-dealkylation sites (tertiary alicyclic amines) is 1. The van der Waals surface area contributed by atoms with Gasteiger partial charge in [0.15, 0.2) is 0 Å². The number of phenols is 2. The topological polar surface area (TPSA) is 89.9 Å². The van der Waals surface area contributed by atoms with Crippen molar-refractivity contribution in [3.8, 4) is 11.5 Å². The van der Waals surface area contributed by atoms with Gasteiger partial charge in [-0.05, 0) is 49.1 Å². The molecular formula is C20H22N2O4. The maximum absolute atomic E-state index is 12.7. The Bertz CT molecular complexity index is 834. The Morgan fingerprint density at radius 1 is 1.15 bits per heavy atom. The van der Waals surface area contributed by atoms with Crippen molar-refractivity contribution in [1.82, 2.24) is 4.90 Å². The van der Waals surface area contributed by atoms with Gasteiger partial charge in [0, 0.05) is 6.54 Å². The Hall–Kier alpha value is -3.02. The van der Waals surface area contributed by atoms with Gasteiger partial charge in [0.25, 0.3) is 5.91 Å². The first-order valence-corrected chi connectivity index (χ1v) is 8.73. The Balaban J connectivity index is 1.79. The molecule has 136 valence electrons. The second kappa shape index (κ2) is 7.47. The molecule has 3 rings (SSSR count). The molecule has 0 saturated carbocycles. The number of nitrogens with one attached hydrogen (secondary N) is 1. The van der Waals surface area contributed by atoms with E-state index in [4.69, 9.17) is 0 Å². The number of aryl methyl sites for hydroxylation is 1. The summed E-state index contributed by atoms with van der Waals surface area (Å²) < 4.78 is 0. The van der Waals surface area contributed by atoms with Crippen LogP contribution in [0.25, 0.3) is 0 Å². The van der Waals surface area contributed by atoms with Crippen LogP contribution in [0.4, 0.5) is 5.69 Å². The lowest BCUT2D eigenvalue weighted by atomic mass is 10.1. The van der Waals surface area contributed by atoms with Gasteiger partial charge in [-0.25, -0.2) is 0 Å². The molecule has 1 aliphatic heterocycles. The van der Waals surface area contributed by atoms with E-state index in [9.17, 15) is 19.8 Å². The first kappa shape index (κ1) is 17.8. The average Bonchev–Trinajstić information content (AvgIpc) is 3.13. The van der Waals surface area contributed by atoms with Gasteiger partial charge in [0.05, 0.1) is 11.3 Å². The number of hydrogen-bond acceptors (Lipinski definition) is 4. The highest BCUT2D eigenvalue weighted by molar-refractivity contribution is 6.03. The van der Waals surface area contributed by atoms with Crippen LogP contribution in [0.3, 0.4) is 0 Å². The van der Waals surface area contributed by atoms with Crippen molar-refractivity contribution in [2.24, 2.45) is 0 Å². The summed E-state index contributed by atoms with van der Waals surface area (Å²) in [5.41, 5.74) is 1.52. The number of rotatable bonds is 4. The number of benzene rings is 2. The van der Waals surface area contributed by atoms with E-state index in [0.717, 1.165) is 12.0 Å². The lowest BCUT2D eigenvalue weighted by Gasteiger charge is -2.24. The van der Waals surface area contributed by atoms with Gasteiger partial charge >= 0.3 is 0 Å². The van der Waals surface area contributed by atoms with E-state index in [1.54, 1.807) is 36.4 Å². The molecule has 1 aliphatic rings. The lowest BCUT2D eigenvalue weighted by Crippen LogP contribution is -2.43. The number of hydrogen-bond donors (Lipinski definition) is 3. The van der Waals surface area contributed by atoms with E-state index in [1.165, 1.54) is 11.0 Å². The molecule has 3 N–H and O–H groups in total. The number of para-hydroxylation sites is 1. The number of anilines is 1. The number of carbonyl (C=O) groups is 2. The summed E-state index contributed by atoms with van der Waals surface area (Å²) in [5, 5.41) is 22.6.